The molecule has 0 aromatic carbocycles. The van der Waals surface area contributed by atoms with E-state index < -0.39 is 0 Å². The van der Waals surface area contributed by atoms with Gasteiger partial charge >= 0.3 is 0 Å². The van der Waals surface area contributed by atoms with Gasteiger partial charge in [0.05, 0.1) is 17.8 Å². The topological polar surface area (TPSA) is 112 Å². The van der Waals surface area contributed by atoms with Crippen molar-refractivity contribution in [1.82, 2.24) is 25.6 Å². The van der Waals surface area contributed by atoms with E-state index in [0.717, 1.165) is 11.4 Å². The summed E-state index contributed by atoms with van der Waals surface area (Å²) in [7, 11) is 3.19. The maximum absolute atomic E-state index is 12.2. The number of nitrogens with one attached hydrogen (secondary N) is 3. The van der Waals surface area contributed by atoms with E-state index in [9.17, 15) is 9.59 Å². The fourth-order valence-electron chi connectivity index (χ4n) is 3.17. The van der Waals surface area contributed by atoms with E-state index in [-0.39, 0.29) is 17.7 Å². The molecule has 0 unspecified atom stereocenters. The summed E-state index contributed by atoms with van der Waals surface area (Å²) in [6.45, 7) is 1.10. The Labute approximate surface area is 163 Å². The summed E-state index contributed by atoms with van der Waals surface area (Å²) in [6, 6.07) is 3.95. The van der Waals surface area contributed by atoms with E-state index in [1.165, 1.54) is 19.0 Å². The van der Waals surface area contributed by atoms with Crippen molar-refractivity contribution in [3.63, 3.8) is 0 Å². The SMILES string of the molecule is CNC(=O)c1cnc(N2CC(C(=O)NC)C2)nc1Nc1ccc(C2CC2)nc1. The van der Waals surface area contributed by atoms with Gasteiger partial charge in [-0.3, -0.25) is 14.6 Å². The van der Waals surface area contributed by atoms with Gasteiger partial charge in [0.25, 0.3) is 5.91 Å². The standard InChI is InChI=1S/C19H23N7O2/c1-20-17(27)12-9-26(10-12)19-23-8-14(18(28)21-2)16(25-19)24-13-5-6-15(22-7-13)11-3-4-11/h5-8,11-12H,3-4,9-10H2,1-2H3,(H,20,27)(H,21,28)(H,23,24,25). The predicted octanol–water partition coefficient (Wildman–Crippen LogP) is 1.03. The van der Waals surface area contributed by atoms with E-state index in [1.54, 1.807) is 20.3 Å². The molecule has 3 N–H and O–H groups in total. The second kappa shape index (κ2) is 7.41. The minimum atomic E-state index is -0.275. The zero-order chi connectivity index (χ0) is 19.7. The monoisotopic (exact) mass is 381 g/mol. The molecule has 0 bridgehead atoms. The summed E-state index contributed by atoms with van der Waals surface area (Å²) in [5.74, 6) is 1.15. The molecule has 1 saturated carbocycles. The van der Waals surface area contributed by atoms with Crippen LogP contribution >= 0.6 is 0 Å². The Morgan fingerprint density at radius 1 is 1.07 bits per heavy atom. The Morgan fingerprint density at radius 3 is 2.46 bits per heavy atom. The minimum Gasteiger partial charge on any atom is -0.359 e. The Morgan fingerprint density at radius 2 is 1.86 bits per heavy atom. The Bertz CT molecular complexity index is 890. The number of hydrogen-bond acceptors (Lipinski definition) is 7. The van der Waals surface area contributed by atoms with Crippen LogP contribution in [-0.4, -0.2) is 54.0 Å². The van der Waals surface area contributed by atoms with Crippen molar-refractivity contribution in [2.75, 3.05) is 37.4 Å². The molecule has 2 amide bonds. The highest BCUT2D eigenvalue weighted by Gasteiger charge is 2.34. The van der Waals surface area contributed by atoms with Crippen LogP contribution in [-0.2, 0) is 4.79 Å². The lowest BCUT2D eigenvalue weighted by Gasteiger charge is -2.38. The molecule has 3 heterocycles. The van der Waals surface area contributed by atoms with Crippen molar-refractivity contribution >= 4 is 29.3 Å². The van der Waals surface area contributed by atoms with Crippen LogP contribution in [0.15, 0.2) is 24.5 Å². The first-order valence-electron chi connectivity index (χ1n) is 9.37. The summed E-state index contributed by atoms with van der Waals surface area (Å²) < 4.78 is 0. The Hall–Kier alpha value is -3.23. The summed E-state index contributed by atoms with van der Waals surface area (Å²) in [6.07, 6.45) is 5.66. The average Bonchev–Trinajstić information content (AvgIpc) is 3.52. The van der Waals surface area contributed by atoms with Crippen LogP contribution < -0.4 is 20.9 Å². The number of anilines is 3. The van der Waals surface area contributed by atoms with Crippen LogP contribution in [0.5, 0.6) is 0 Å². The fourth-order valence-corrected chi connectivity index (χ4v) is 3.17. The first-order valence-corrected chi connectivity index (χ1v) is 9.37. The highest BCUT2D eigenvalue weighted by Crippen LogP contribution is 2.39. The third kappa shape index (κ3) is 3.60. The predicted molar refractivity (Wildman–Crippen MR) is 105 cm³/mol. The average molecular weight is 381 g/mol. The number of rotatable bonds is 6. The molecule has 2 aromatic heterocycles. The van der Waals surface area contributed by atoms with Crippen LogP contribution in [0.2, 0.25) is 0 Å². The molecule has 1 aliphatic carbocycles. The van der Waals surface area contributed by atoms with Crippen LogP contribution in [0.25, 0.3) is 0 Å². The molecule has 146 valence electrons. The maximum Gasteiger partial charge on any atom is 0.256 e. The third-order valence-electron chi connectivity index (χ3n) is 5.07. The van der Waals surface area contributed by atoms with Crippen molar-refractivity contribution in [1.29, 1.82) is 0 Å². The van der Waals surface area contributed by atoms with Gasteiger partial charge in [0.15, 0.2) is 0 Å². The van der Waals surface area contributed by atoms with Crippen LogP contribution in [0.4, 0.5) is 17.5 Å². The normalized spacial score (nSPS) is 16.3. The van der Waals surface area contributed by atoms with Gasteiger partial charge in [-0.25, -0.2) is 4.98 Å². The van der Waals surface area contributed by atoms with Crippen molar-refractivity contribution in [3.05, 3.63) is 35.8 Å². The largest absolute Gasteiger partial charge is 0.359 e. The lowest BCUT2D eigenvalue weighted by atomic mass is 10.00. The molecule has 0 spiro atoms. The molecule has 1 saturated heterocycles. The van der Waals surface area contributed by atoms with Crippen LogP contribution in [0.1, 0.15) is 34.8 Å². The second-order valence-corrected chi connectivity index (χ2v) is 7.10. The zero-order valence-corrected chi connectivity index (χ0v) is 15.9. The summed E-state index contributed by atoms with van der Waals surface area (Å²) in [5, 5.41) is 8.44. The maximum atomic E-state index is 12.2. The van der Waals surface area contributed by atoms with Crippen LogP contribution in [0, 0.1) is 5.92 Å². The van der Waals surface area contributed by atoms with E-state index >= 15 is 0 Å². The molecule has 1 aliphatic heterocycles. The van der Waals surface area contributed by atoms with E-state index in [4.69, 9.17) is 0 Å². The van der Waals surface area contributed by atoms with Gasteiger partial charge in [0, 0.05) is 45.0 Å². The summed E-state index contributed by atoms with van der Waals surface area (Å²) >= 11 is 0. The highest BCUT2D eigenvalue weighted by atomic mass is 16.2. The quantitative estimate of drug-likeness (QED) is 0.685. The smallest absolute Gasteiger partial charge is 0.256 e. The van der Waals surface area contributed by atoms with Gasteiger partial charge in [-0.2, -0.15) is 4.98 Å². The molecule has 2 aliphatic rings. The Kier molecular flexibility index (Phi) is 4.81. The molecule has 0 atom stereocenters. The molecular weight excluding hydrogens is 358 g/mol. The molecule has 9 nitrogen and oxygen atoms in total. The zero-order valence-electron chi connectivity index (χ0n) is 15.9. The van der Waals surface area contributed by atoms with E-state index in [0.29, 0.717) is 36.3 Å². The Balaban J connectivity index is 1.54. The first kappa shape index (κ1) is 18.1. The lowest BCUT2D eigenvalue weighted by Crippen LogP contribution is -2.53. The summed E-state index contributed by atoms with van der Waals surface area (Å²) in [4.78, 5) is 39.1. The molecule has 9 heteroatoms. The number of aromatic nitrogens is 3. The highest BCUT2D eigenvalue weighted by molar-refractivity contribution is 5.99. The van der Waals surface area contributed by atoms with Crippen molar-refractivity contribution < 1.29 is 9.59 Å². The second-order valence-electron chi connectivity index (χ2n) is 7.10. The van der Waals surface area contributed by atoms with Crippen molar-refractivity contribution in [3.8, 4) is 0 Å². The fraction of sp³-hybridized carbons (Fsp3) is 0.421. The molecular formula is C19H23N7O2. The van der Waals surface area contributed by atoms with Gasteiger partial charge in [-0.15, -0.1) is 0 Å². The molecule has 4 rings (SSSR count). The molecule has 2 fully saturated rings. The van der Waals surface area contributed by atoms with Crippen LogP contribution in [0.3, 0.4) is 0 Å². The molecule has 2 aromatic rings. The summed E-state index contributed by atoms with van der Waals surface area (Å²) in [5.41, 5.74) is 2.20. The number of amides is 2. The number of carbonyl (C=O) groups excluding carboxylic acids is 2. The number of pyridine rings is 1. The minimum absolute atomic E-state index is 0.0124. The van der Waals surface area contributed by atoms with Gasteiger partial charge in [0.1, 0.15) is 11.4 Å². The number of hydrogen-bond donors (Lipinski definition) is 3. The number of carbonyl (C=O) groups is 2. The van der Waals surface area contributed by atoms with Crippen molar-refractivity contribution in [2.45, 2.75) is 18.8 Å². The van der Waals surface area contributed by atoms with Crippen molar-refractivity contribution in [2.24, 2.45) is 5.92 Å². The lowest BCUT2D eigenvalue weighted by molar-refractivity contribution is -0.125. The third-order valence-corrected chi connectivity index (χ3v) is 5.07. The van der Waals surface area contributed by atoms with Gasteiger partial charge in [-0.1, -0.05) is 0 Å². The van der Waals surface area contributed by atoms with Gasteiger partial charge in [-0.05, 0) is 25.0 Å². The van der Waals surface area contributed by atoms with Gasteiger partial charge < -0.3 is 20.9 Å². The first-order chi connectivity index (χ1) is 13.6. The van der Waals surface area contributed by atoms with Gasteiger partial charge in [0.2, 0.25) is 11.9 Å². The molecule has 28 heavy (non-hydrogen) atoms. The van der Waals surface area contributed by atoms with E-state index in [1.807, 2.05) is 17.0 Å². The van der Waals surface area contributed by atoms with E-state index in [2.05, 4.69) is 30.9 Å². The molecule has 0 radical (unpaired) electrons. The number of nitrogens with zero attached hydrogens (tertiary/aromatic N) is 4.